The summed E-state index contributed by atoms with van der Waals surface area (Å²) in [5.41, 5.74) is 1.60. The first-order valence-electron chi connectivity index (χ1n) is 6.62. The number of hydrogen-bond acceptors (Lipinski definition) is 6. The molecule has 0 radical (unpaired) electrons. The summed E-state index contributed by atoms with van der Waals surface area (Å²) in [5.74, 6) is 0.885. The summed E-state index contributed by atoms with van der Waals surface area (Å²) in [6.45, 7) is 2.73. The minimum atomic E-state index is -0.203. The molecule has 1 aromatic carbocycles. The molecule has 0 saturated heterocycles. The second kappa shape index (κ2) is 8.11. The number of anilines is 1. The molecular weight excluding hydrogens is 304 g/mol. The van der Waals surface area contributed by atoms with Crippen molar-refractivity contribution in [3.63, 3.8) is 0 Å². The van der Waals surface area contributed by atoms with Gasteiger partial charge in [0, 0.05) is 17.2 Å². The number of carbonyl (C=O) groups is 1. The normalized spacial score (nSPS) is 12.3. The van der Waals surface area contributed by atoms with Gasteiger partial charge in [0.1, 0.15) is 5.51 Å². The third kappa shape index (κ3) is 5.11. The zero-order chi connectivity index (χ0) is 15.1. The van der Waals surface area contributed by atoms with Crippen molar-refractivity contribution in [3.8, 4) is 0 Å². The Labute approximate surface area is 132 Å². The maximum atomic E-state index is 12.1. The summed E-state index contributed by atoms with van der Waals surface area (Å²) >= 11 is 3.11. The van der Waals surface area contributed by atoms with Crippen LogP contribution in [0.15, 0.2) is 40.7 Å². The molecule has 1 aromatic heterocycles. The Hall–Kier alpha value is -1.44. The van der Waals surface area contributed by atoms with E-state index >= 15 is 0 Å². The topological polar surface area (TPSA) is 58.1 Å². The molecule has 0 unspecified atom stereocenters. The molecule has 7 heteroatoms. The Balaban J connectivity index is 1.74. The van der Waals surface area contributed by atoms with Gasteiger partial charge in [-0.25, -0.2) is 0 Å². The van der Waals surface area contributed by atoms with E-state index in [0.29, 0.717) is 5.13 Å². The molecule has 1 atom stereocenters. The van der Waals surface area contributed by atoms with Crippen LogP contribution >= 0.6 is 23.1 Å². The van der Waals surface area contributed by atoms with Crippen LogP contribution in [-0.4, -0.2) is 46.4 Å². The minimum Gasteiger partial charge on any atom is -0.299 e. The van der Waals surface area contributed by atoms with E-state index in [2.05, 4.69) is 27.6 Å². The van der Waals surface area contributed by atoms with Gasteiger partial charge in [-0.2, -0.15) is 0 Å². The summed E-state index contributed by atoms with van der Waals surface area (Å²) < 4.78 is 0. The number of carbonyl (C=O) groups excluding carboxylic acids is 1. The molecule has 112 valence electrons. The van der Waals surface area contributed by atoms with Crippen molar-refractivity contribution < 1.29 is 4.79 Å². The number of likely N-dealkylation sites (N-methyl/N-ethyl adjacent to an activating group) is 1. The summed E-state index contributed by atoms with van der Waals surface area (Å²) in [5, 5.41) is 10.8. The fourth-order valence-electron chi connectivity index (χ4n) is 1.66. The molecule has 0 aliphatic rings. The maximum absolute atomic E-state index is 12.1. The van der Waals surface area contributed by atoms with E-state index in [1.54, 1.807) is 17.3 Å². The fourth-order valence-corrected chi connectivity index (χ4v) is 3.07. The Morgan fingerprint density at radius 3 is 2.86 bits per heavy atom. The lowest BCUT2D eigenvalue weighted by Gasteiger charge is -2.23. The zero-order valence-corrected chi connectivity index (χ0v) is 13.7. The molecule has 2 rings (SSSR count). The van der Waals surface area contributed by atoms with E-state index in [9.17, 15) is 4.79 Å². The van der Waals surface area contributed by atoms with Gasteiger partial charge in [0.2, 0.25) is 11.0 Å². The molecule has 0 fully saturated rings. The summed E-state index contributed by atoms with van der Waals surface area (Å²) in [4.78, 5) is 15.3. The van der Waals surface area contributed by atoms with Crippen molar-refractivity contribution in [1.82, 2.24) is 15.1 Å². The number of nitrogens with one attached hydrogen (secondary N) is 1. The van der Waals surface area contributed by atoms with Crippen molar-refractivity contribution in [2.45, 2.75) is 17.9 Å². The SMILES string of the molecule is C[C@H](C(=O)Nc1nncs1)N(C)CCSc1ccccc1. The van der Waals surface area contributed by atoms with Gasteiger partial charge >= 0.3 is 0 Å². The van der Waals surface area contributed by atoms with Crippen LogP contribution < -0.4 is 5.32 Å². The lowest BCUT2D eigenvalue weighted by atomic mass is 10.3. The average Bonchev–Trinajstić information content (AvgIpc) is 3.00. The predicted octanol–water partition coefficient (Wildman–Crippen LogP) is 2.59. The van der Waals surface area contributed by atoms with E-state index in [1.807, 2.05) is 37.1 Å². The third-order valence-corrected chi connectivity index (χ3v) is 4.69. The molecule has 1 heterocycles. The molecule has 1 N–H and O–H groups in total. The van der Waals surface area contributed by atoms with Crippen LogP contribution in [0.2, 0.25) is 0 Å². The summed E-state index contributed by atoms with van der Waals surface area (Å²) in [6, 6.07) is 10.1. The van der Waals surface area contributed by atoms with Crippen LogP contribution in [0, 0.1) is 0 Å². The van der Waals surface area contributed by atoms with Gasteiger partial charge in [-0.15, -0.1) is 22.0 Å². The average molecular weight is 322 g/mol. The number of thioether (sulfide) groups is 1. The molecule has 0 saturated carbocycles. The first-order valence-corrected chi connectivity index (χ1v) is 8.48. The third-order valence-electron chi connectivity index (χ3n) is 3.09. The maximum Gasteiger partial charge on any atom is 0.243 e. The lowest BCUT2D eigenvalue weighted by Crippen LogP contribution is -2.40. The first kappa shape index (κ1) is 15.9. The van der Waals surface area contributed by atoms with Crippen LogP contribution in [0.3, 0.4) is 0 Å². The van der Waals surface area contributed by atoms with Crippen LogP contribution in [0.4, 0.5) is 5.13 Å². The number of nitrogens with zero attached hydrogens (tertiary/aromatic N) is 3. The quantitative estimate of drug-likeness (QED) is 0.794. The highest BCUT2D eigenvalue weighted by atomic mass is 32.2. The van der Waals surface area contributed by atoms with Crippen LogP contribution in [0.1, 0.15) is 6.92 Å². The van der Waals surface area contributed by atoms with Crippen molar-refractivity contribution >= 4 is 34.1 Å². The van der Waals surface area contributed by atoms with Crippen molar-refractivity contribution in [3.05, 3.63) is 35.8 Å². The molecule has 2 aromatic rings. The van der Waals surface area contributed by atoms with Crippen molar-refractivity contribution in [2.24, 2.45) is 0 Å². The fraction of sp³-hybridized carbons (Fsp3) is 0.357. The highest BCUT2D eigenvalue weighted by Gasteiger charge is 2.18. The molecular formula is C14H18N4OS2. The minimum absolute atomic E-state index is 0.0565. The van der Waals surface area contributed by atoms with Gasteiger partial charge in [0.25, 0.3) is 0 Å². The van der Waals surface area contributed by atoms with E-state index < -0.39 is 0 Å². The second-order valence-corrected chi connectivity index (χ2v) is 6.55. The summed E-state index contributed by atoms with van der Waals surface area (Å²) in [7, 11) is 1.95. The zero-order valence-electron chi connectivity index (χ0n) is 12.0. The van der Waals surface area contributed by atoms with Gasteiger partial charge in [-0.3, -0.25) is 15.0 Å². The van der Waals surface area contributed by atoms with Crippen LogP contribution in [-0.2, 0) is 4.79 Å². The second-order valence-electron chi connectivity index (χ2n) is 4.55. The smallest absolute Gasteiger partial charge is 0.243 e. The summed E-state index contributed by atoms with van der Waals surface area (Å²) in [6.07, 6.45) is 0. The van der Waals surface area contributed by atoms with Crippen molar-refractivity contribution in [1.29, 1.82) is 0 Å². The molecule has 0 bridgehead atoms. The molecule has 21 heavy (non-hydrogen) atoms. The van der Waals surface area contributed by atoms with E-state index in [1.165, 1.54) is 16.2 Å². The molecule has 0 aliphatic carbocycles. The highest BCUT2D eigenvalue weighted by molar-refractivity contribution is 7.99. The number of hydrogen-bond donors (Lipinski definition) is 1. The molecule has 1 amide bonds. The van der Waals surface area contributed by atoms with Gasteiger partial charge in [0.05, 0.1) is 6.04 Å². The lowest BCUT2D eigenvalue weighted by molar-refractivity contribution is -0.120. The predicted molar refractivity (Wildman–Crippen MR) is 87.8 cm³/mol. The van der Waals surface area contributed by atoms with Gasteiger partial charge in [-0.1, -0.05) is 29.5 Å². The van der Waals surface area contributed by atoms with E-state index in [0.717, 1.165) is 12.3 Å². The molecule has 0 aliphatic heterocycles. The standard InChI is InChI=1S/C14H18N4OS2/c1-11(13(19)16-14-17-15-10-21-14)18(2)8-9-20-12-6-4-3-5-7-12/h3-7,10-11H,8-9H2,1-2H3,(H,16,17,19)/t11-/m1/s1. The first-order chi connectivity index (χ1) is 10.2. The monoisotopic (exact) mass is 322 g/mol. The Morgan fingerprint density at radius 2 is 2.19 bits per heavy atom. The molecule has 5 nitrogen and oxygen atoms in total. The van der Waals surface area contributed by atoms with Gasteiger partial charge in [0.15, 0.2) is 0 Å². The number of benzene rings is 1. The number of amides is 1. The van der Waals surface area contributed by atoms with Crippen LogP contribution in [0.5, 0.6) is 0 Å². The number of aromatic nitrogens is 2. The van der Waals surface area contributed by atoms with E-state index in [-0.39, 0.29) is 11.9 Å². The van der Waals surface area contributed by atoms with Crippen LogP contribution in [0.25, 0.3) is 0 Å². The largest absolute Gasteiger partial charge is 0.299 e. The Morgan fingerprint density at radius 1 is 1.43 bits per heavy atom. The van der Waals surface area contributed by atoms with Crippen molar-refractivity contribution in [2.75, 3.05) is 24.7 Å². The number of rotatable bonds is 7. The van der Waals surface area contributed by atoms with Gasteiger partial charge in [-0.05, 0) is 26.1 Å². The highest BCUT2D eigenvalue weighted by Crippen LogP contribution is 2.17. The van der Waals surface area contributed by atoms with E-state index in [4.69, 9.17) is 0 Å². The molecule has 0 spiro atoms. The Kier molecular flexibility index (Phi) is 6.16. The Bertz CT molecular complexity index is 547. The van der Waals surface area contributed by atoms with Gasteiger partial charge < -0.3 is 0 Å².